The normalized spacial score (nSPS) is 17.1. The Kier molecular flexibility index (Phi) is 5.65. The average Bonchev–Trinajstić information content (AvgIpc) is 2.66. The van der Waals surface area contributed by atoms with E-state index < -0.39 is 6.04 Å². The number of carbonyl (C=O) groups excluding carboxylic acids is 1. The Balaban J connectivity index is 2.28. The minimum Gasteiger partial charge on any atom is -0.493 e. The number of esters is 1. The van der Waals surface area contributed by atoms with Crippen LogP contribution in [0.4, 0.5) is 0 Å². The summed E-state index contributed by atoms with van der Waals surface area (Å²) >= 11 is 5.50. The van der Waals surface area contributed by atoms with Crippen molar-refractivity contribution in [2.24, 2.45) is 0 Å². The maximum Gasteiger partial charge on any atom is 0.338 e. The molecule has 0 bridgehead atoms. The minimum absolute atomic E-state index is 0.310. The van der Waals surface area contributed by atoms with Crippen molar-refractivity contribution in [2.75, 3.05) is 20.3 Å². The third-order valence-electron chi connectivity index (χ3n) is 4.77. The van der Waals surface area contributed by atoms with Crippen LogP contribution >= 0.6 is 12.2 Å². The third-order valence-corrected chi connectivity index (χ3v) is 5.16. The van der Waals surface area contributed by atoms with Gasteiger partial charge in [0.2, 0.25) is 0 Å². The van der Waals surface area contributed by atoms with Crippen molar-refractivity contribution in [3.05, 3.63) is 53.2 Å². The summed E-state index contributed by atoms with van der Waals surface area (Å²) < 4.78 is 11.3. The first-order chi connectivity index (χ1) is 13.0. The largest absolute Gasteiger partial charge is 0.493 e. The molecule has 5 nitrogen and oxygen atoms in total. The van der Waals surface area contributed by atoms with Gasteiger partial charge in [-0.25, -0.2) is 4.79 Å². The van der Waals surface area contributed by atoms with Crippen LogP contribution < -0.4 is 10.1 Å². The van der Waals surface area contributed by atoms with E-state index in [4.69, 9.17) is 21.7 Å². The zero-order valence-corrected chi connectivity index (χ0v) is 16.9. The van der Waals surface area contributed by atoms with Crippen LogP contribution in [0.5, 0.6) is 5.75 Å². The molecule has 3 rings (SSSR count). The van der Waals surface area contributed by atoms with Crippen LogP contribution in [0.25, 0.3) is 10.8 Å². The summed E-state index contributed by atoms with van der Waals surface area (Å²) in [5.74, 6) is 0.382. The lowest BCUT2D eigenvalue weighted by atomic mass is 9.90. The maximum absolute atomic E-state index is 12.8. The lowest BCUT2D eigenvalue weighted by molar-refractivity contribution is -0.139. The predicted molar refractivity (Wildman–Crippen MR) is 111 cm³/mol. The quantitative estimate of drug-likeness (QED) is 0.623. The molecule has 0 aromatic heterocycles. The van der Waals surface area contributed by atoms with Gasteiger partial charge in [-0.2, -0.15) is 0 Å². The van der Waals surface area contributed by atoms with Gasteiger partial charge >= 0.3 is 5.97 Å². The van der Waals surface area contributed by atoms with E-state index >= 15 is 0 Å². The van der Waals surface area contributed by atoms with Crippen molar-refractivity contribution in [3.63, 3.8) is 0 Å². The van der Waals surface area contributed by atoms with Gasteiger partial charge in [-0.1, -0.05) is 30.3 Å². The Labute approximate surface area is 164 Å². The van der Waals surface area contributed by atoms with Crippen molar-refractivity contribution in [3.8, 4) is 5.75 Å². The smallest absolute Gasteiger partial charge is 0.338 e. The Morgan fingerprint density at radius 1 is 1.19 bits per heavy atom. The van der Waals surface area contributed by atoms with Crippen LogP contribution in [-0.4, -0.2) is 36.2 Å². The summed E-state index contributed by atoms with van der Waals surface area (Å²) in [5.41, 5.74) is 2.22. The molecule has 142 valence electrons. The zero-order chi connectivity index (χ0) is 19.6. The second-order valence-corrected chi connectivity index (χ2v) is 6.68. The van der Waals surface area contributed by atoms with Gasteiger partial charge in [0.15, 0.2) is 5.11 Å². The standard InChI is InChI=1S/C21H24N2O3S/c1-5-25-16-12-11-14-9-7-8-10-15(14)18(16)19-17(20(24)26-6-2)13(3)23(4)21(27)22-19/h7-12,19H,5-6H2,1-4H3,(H,22,27)/t19-/m0/s1. The first-order valence-corrected chi connectivity index (χ1v) is 9.46. The molecular formula is C21H24N2O3S. The van der Waals surface area contributed by atoms with E-state index in [1.807, 2.05) is 57.3 Å². The summed E-state index contributed by atoms with van der Waals surface area (Å²) in [6.45, 7) is 6.47. The zero-order valence-electron chi connectivity index (χ0n) is 16.0. The molecule has 0 fully saturated rings. The number of nitrogens with zero attached hydrogens (tertiary/aromatic N) is 1. The highest BCUT2D eigenvalue weighted by Crippen LogP contribution is 2.40. The average molecular weight is 385 g/mol. The minimum atomic E-state index is -0.444. The number of hydrogen-bond donors (Lipinski definition) is 1. The molecule has 1 atom stereocenters. The van der Waals surface area contributed by atoms with Crippen molar-refractivity contribution >= 4 is 34.1 Å². The highest BCUT2D eigenvalue weighted by Gasteiger charge is 2.35. The summed E-state index contributed by atoms with van der Waals surface area (Å²) in [6.07, 6.45) is 0. The maximum atomic E-state index is 12.8. The molecule has 1 N–H and O–H groups in total. The summed E-state index contributed by atoms with van der Waals surface area (Å²) in [6, 6.07) is 11.6. The van der Waals surface area contributed by atoms with E-state index in [0.717, 1.165) is 27.8 Å². The molecule has 27 heavy (non-hydrogen) atoms. The number of benzene rings is 2. The summed E-state index contributed by atoms with van der Waals surface area (Å²) in [5, 5.41) is 5.96. The monoisotopic (exact) mass is 384 g/mol. The summed E-state index contributed by atoms with van der Waals surface area (Å²) in [4.78, 5) is 14.6. The molecule has 1 aliphatic rings. The fourth-order valence-electron chi connectivity index (χ4n) is 3.38. The van der Waals surface area contributed by atoms with Crippen LogP contribution in [0.1, 0.15) is 32.4 Å². The number of carbonyl (C=O) groups is 1. The Hall–Kier alpha value is -2.60. The van der Waals surface area contributed by atoms with Gasteiger partial charge in [0.1, 0.15) is 5.75 Å². The second-order valence-electron chi connectivity index (χ2n) is 6.29. The van der Waals surface area contributed by atoms with E-state index in [9.17, 15) is 4.79 Å². The van der Waals surface area contributed by atoms with Gasteiger partial charge < -0.3 is 19.7 Å². The molecule has 2 aromatic rings. The molecule has 0 saturated heterocycles. The van der Waals surface area contributed by atoms with Gasteiger partial charge in [-0.3, -0.25) is 0 Å². The molecular weight excluding hydrogens is 360 g/mol. The predicted octanol–water partition coefficient (Wildman–Crippen LogP) is 3.94. The molecule has 0 aliphatic carbocycles. The SMILES string of the molecule is CCOC(=O)C1=C(C)N(C)C(=S)N[C@@H]1c1c(OCC)ccc2ccccc12. The highest BCUT2D eigenvalue weighted by atomic mass is 32.1. The fourth-order valence-corrected chi connectivity index (χ4v) is 3.63. The lowest BCUT2D eigenvalue weighted by Crippen LogP contribution is -2.46. The lowest BCUT2D eigenvalue weighted by Gasteiger charge is -2.36. The van der Waals surface area contributed by atoms with Crippen LogP contribution in [0.15, 0.2) is 47.7 Å². The molecule has 6 heteroatoms. The van der Waals surface area contributed by atoms with Crippen molar-refractivity contribution in [1.82, 2.24) is 10.2 Å². The summed E-state index contributed by atoms with van der Waals surface area (Å²) in [7, 11) is 1.84. The van der Waals surface area contributed by atoms with E-state index in [1.165, 1.54) is 0 Å². The molecule has 2 aromatic carbocycles. The Bertz CT molecular complexity index is 923. The number of fused-ring (bicyclic) bond motifs is 1. The van der Waals surface area contributed by atoms with Crippen LogP contribution in [0, 0.1) is 0 Å². The molecule has 0 spiro atoms. The number of rotatable bonds is 5. The van der Waals surface area contributed by atoms with Crippen LogP contribution in [0.2, 0.25) is 0 Å². The van der Waals surface area contributed by atoms with E-state index in [1.54, 1.807) is 11.8 Å². The van der Waals surface area contributed by atoms with Gasteiger partial charge in [-0.15, -0.1) is 0 Å². The fraction of sp³-hybridized carbons (Fsp3) is 0.333. The highest BCUT2D eigenvalue weighted by molar-refractivity contribution is 7.80. The van der Waals surface area contributed by atoms with E-state index in [2.05, 4.69) is 5.32 Å². The number of thiocarbonyl (C=S) groups is 1. The van der Waals surface area contributed by atoms with Gasteiger partial charge in [0.25, 0.3) is 0 Å². The Morgan fingerprint density at radius 2 is 1.93 bits per heavy atom. The number of ether oxygens (including phenoxy) is 2. The molecule has 0 radical (unpaired) electrons. The number of allylic oxidation sites excluding steroid dienone is 1. The molecule has 0 amide bonds. The molecule has 1 heterocycles. The van der Waals surface area contributed by atoms with E-state index in [-0.39, 0.29) is 5.97 Å². The van der Waals surface area contributed by atoms with Crippen LogP contribution in [-0.2, 0) is 9.53 Å². The first-order valence-electron chi connectivity index (χ1n) is 9.06. The molecule has 0 unspecified atom stereocenters. The Morgan fingerprint density at radius 3 is 2.63 bits per heavy atom. The van der Waals surface area contributed by atoms with Crippen molar-refractivity contribution < 1.29 is 14.3 Å². The number of hydrogen-bond acceptors (Lipinski definition) is 4. The first kappa shape index (κ1) is 19.2. The van der Waals surface area contributed by atoms with Gasteiger partial charge in [0.05, 0.1) is 24.8 Å². The van der Waals surface area contributed by atoms with Gasteiger partial charge in [-0.05, 0) is 49.8 Å². The third kappa shape index (κ3) is 3.49. The van der Waals surface area contributed by atoms with Gasteiger partial charge in [0, 0.05) is 18.3 Å². The molecule has 0 saturated carbocycles. The molecule has 1 aliphatic heterocycles. The van der Waals surface area contributed by atoms with Crippen LogP contribution in [0.3, 0.4) is 0 Å². The second kappa shape index (κ2) is 7.96. The van der Waals surface area contributed by atoms with Crippen molar-refractivity contribution in [1.29, 1.82) is 0 Å². The number of nitrogens with one attached hydrogen (secondary N) is 1. The van der Waals surface area contributed by atoms with E-state index in [0.29, 0.717) is 23.9 Å². The van der Waals surface area contributed by atoms with Crippen molar-refractivity contribution in [2.45, 2.75) is 26.8 Å². The topological polar surface area (TPSA) is 50.8 Å².